The van der Waals surface area contributed by atoms with Crippen LogP contribution in [0.3, 0.4) is 0 Å². The largest absolute Gasteiger partial charge is 0.474 e. The predicted octanol–water partition coefficient (Wildman–Crippen LogP) is 3.87. The van der Waals surface area contributed by atoms with Gasteiger partial charge in [0.2, 0.25) is 5.88 Å². The van der Waals surface area contributed by atoms with Crippen LogP contribution in [0.4, 0.5) is 0 Å². The molecule has 1 aromatic heterocycles. The molecule has 100 valence electrons. The van der Waals surface area contributed by atoms with Crippen molar-refractivity contribution in [1.82, 2.24) is 9.97 Å². The Morgan fingerprint density at radius 1 is 1.39 bits per heavy atom. The Labute approximate surface area is 114 Å². The van der Waals surface area contributed by atoms with Crippen molar-refractivity contribution in [3.63, 3.8) is 0 Å². The molecule has 0 amide bonds. The third kappa shape index (κ3) is 3.14. The molecule has 3 nitrogen and oxygen atoms in total. The van der Waals surface area contributed by atoms with Gasteiger partial charge in [0.05, 0.1) is 5.88 Å². The SMILES string of the molecule is CCC1CCCCC1Oc1nc(C)ncc1CCl. The summed E-state index contributed by atoms with van der Waals surface area (Å²) >= 11 is 5.91. The van der Waals surface area contributed by atoms with Gasteiger partial charge >= 0.3 is 0 Å². The summed E-state index contributed by atoms with van der Waals surface area (Å²) in [6, 6.07) is 0. The van der Waals surface area contributed by atoms with E-state index in [1.807, 2.05) is 6.92 Å². The molecule has 1 saturated carbocycles. The molecule has 1 aromatic rings. The van der Waals surface area contributed by atoms with Gasteiger partial charge in [0.1, 0.15) is 11.9 Å². The number of hydrogen-bond donors (Lipinski definition) is 0. The van der Waals surface area contributed by atoms with Crippen LogP contribution in [-0.2, 0) is 5.88 Å². The molecule has 1 aliphatic rings. The fourth-order valence-electron chi connectivity index (χ4n) is 2.61. The molecule has 0 bridgehead atoms. The number of ether oxygens (including phenoxy) is 1. The van der Waals surface area contributed by atoms with Gasteiger partial charge in [-0.25, -0.2) is 4.98 Å². The molecule has 1 fully saturated rings. The highest BCUT2D eigenvalue weighted by Gasteiger charge is 2.26. The van der Waals surface area contributed by atoms with Gasteiger partial charge in [-0.05, 0) is 38.5 Å². The number of nitrogens with zero attached hydrogens (tertiary/aromatic N) is 2. The van der Waals surface area contributed by atoms with E-state index in [9.17, 15) is 0 Å². The van der Waals surface area contributed by atoms with Gasteiger partial charge in [-0.2, -0.15) is 4.98 Å². The standard InChI is InChI=1S/C14H21ClN2O/c1-3-11-6-4-5-7-13(11)18-14-12(8-15)9-16-10(2)17-14/h9,11,13H,3-8H2,1-2H3. The van der Waals surface area contributed by atoms with Gasteiger partial charge in [0.15, 0.2) is 0 Å². The van der Waals surface area contributed by atoms with Gasteiger partial charge < -0.3 is 4.74 Å². The topological polar surface area (TPSA) is 35.0 Å². The third-order valence-electron chi connectivity index (χ3n) is 3.72. The average Bonchev–Trinajstić information content (AvgIpc) is 2.40. The molecule has 1 heterocycles. The molecule has 0 spiro atoms. The zero-order valence-corrected chi connectivity index (χ0v) is 11.9. The van der Waals surface area contributed by atoms with E-state index in [0.29, 0.717) is 23.8 Å². The first-order valence-corrected chi connectivity index (χ1v) is 7.33. The summed E-state index contributed by atoms with van der Waals surface area (Å²) in [4.78, 5) is 8.56. The Balaban J connectivity index is 2.14. The third-order valence-corrected chi connectivity index (χ3v) is 4.00. The van der Waals surface area contributed by atoms with Crippen LogP contribution in [0.2, 0.25) is 0 Å². The molecular formula is C14H21ClN2O. The van der Waals surface area contributed by atoms with E-state index in [1.54, 1.807) is 6.20 Å². The van der Waals surface area contributed by atoms with Gasteiger partial charge in [-0.3, -0.25) is 0 Å². The molecule has 1 aliphatic carbocycles. The number of aromatic nitrogens is 2. The highest BCUT2D eigenvalue weighted by Crippen LogP contribution is 2.31. The number of alkyl halides is 1. The van der Waals surface area contributed by atoms with Crippen LogP contribution in [-0.4, -0.2) is 16.1 Å². The lowest BCUT2D eigenvalue weighted by Crippen LogP contribution is -2.30. The first-order valence-electron chi connectivity index (χ1n) is 6.79. The molecule has 4 heteroatoms. The highest BCUT2D eigenvalue weighted by atomic mass is 35.5. The Kier molecular flexibility index (Phi) is 4.81. The maximum Gasteiger partial charge on any atom is 0.221 e. The van der Waals surface area contributed by atoms with E-state index in [-0.39, 0.29) is 0 Å². The van der Waals surface area contributed by atoms with Crippen LogP contribution >= 0.6 is 11.6 Å². The lowest BCUT2D eigenvalue weighted by Gasteiger charge is -2.31. The van der Waals surface area contributed by atoms with E-state index in [0.717, 1.165) is 17.8 Å². The van der Waals surface area contributed by atoms with Crippen molar-refractivity contribution < 1.29 is 4.74 Å². The Bertz CT molecular complexity index is 397. The zero-order valence-electron chi connectivity index (χ0n) is 11.2. The van der Waals surface area contributed by atoms with Gasteiger partial charge in [0.25, 0.3) is 0 Å². The lowest BCUT2D eigenvalue weighted by molar-refractivity contribution is 0.0846. The number of rotatable bonds is 4. The van der Waals surface area contributed by atoms with Crippen molar-refractivity contribution in [3.8, 4) is 5.88 Å². The molecule has 0 aromatic carbocycles. The van der Waals surface area contributed by atoms with Gasteiger partial charge in [0, 0.05) is 11.8 Å². The highest BCUT2D eigenvalue weighted by molar-refractivity contribution is 6.17. The van der Waals surface area contributed by atoms with Crippen molar-refractivity contribution >= 4 is 11.6 Å². The summed E-state index contributed by atoms with van der Waals surface area (Å²) in [7, 11) is 0. The summed E-state index contributed by atoms with van der Waals surface area (Å²) in [5, 5.41) is 0. The molecule has 0 saturated heterocycles. The molecule has 2 unspecified atom stereocenters. The first-order chi connectivity index (χ1) is 8.74. The summed E-state index contributed by atoms with van der Waals surface area (Å²) < 4.78 is 6.13. The summed E-state index contributed by atoms with van der Waals surface area (Å²) in [5.41, 5.74) is 0.891. The van der Waals surface area contributed by atoms with Crippen LogP contribution in [0.1, 0.15) is 50.4 Å². The molecule has 0 N–H and O–H groups in total. The molecule has 18 heavy (non-hydrogen) atoms. The fraction of sp³-hybridized carbons (Fsp3) is 0.714. The Morgan fingerprint density at radius 2 is 2.17 bits per heavy atom. The van der Waals surface area contributed by atoms with Crippen molar-refractivity contribution in [3.05, 3.63) is 17.6 Å². The minimum Gasteiger partial charge on any atom is -0.474 e. The maximum absolute atomic E-state index is 6.13. The van der Waals surface area contributed by atoms with Gasteiger partial charge in [-0.1, -0.05) is 13.3 Å². The van der Waals surface area contributed by atoms with Crippen molar-refractivity contribution in [1.29, 1.82) is 0 Å². The second-order valence-electron chi connectivity index (χ2n) is 4.99. The second-order valence-corrected chi connectivity index (χ2v) is 5.26. The minimum atomic E-state index is 0.292. The van der Waals surface area contributed by atoms with Crippen molar-refractivity contribution in [2.24, 2.45) is 5.92 Å². The predicted molar refractivity (Wildman–Crippen MR) is 73.0 cm³/mol. The average molecular weight is 269 g/mol. The monoisotopic (exact) mass is 268 g/mol. The maximum atomic E-state index is 6.13. The quantitative estimate of drug-likeness (QED) is 0.778. The van der Waals surface area contributed by atoms with E-state index in [2.05, 4.69) is 16.9 Å². The van der Waals surface area contributed by atoms with E-state index in [4.69, 9.17) is 16.3 Å². The molecule has 0 aliphatic heterocycles. The normalized spacial score (nSPS) is 23.9. The van der Waals surface area contributed by atoms with Crippen molar-refractivity contribution in [2.45, 2.75) is 57.9 Å². The second kappa shape index (κ2) is 6.37. The Morgan fingerprint density at radius 3 is 2.89 bits per heavy atom. The number of aryl methyl sites for hydroxylation is 1. The van der Waals surface area contributed by atoms with Crippen molar-refractivity contribution in [2.75, 3.05) is 0 Å². The van der Waals surface area contributed by atoms with E-state index < -0.39 is 0 Å². The molecular weight excluding hydrogens is 248 g/mol. The first kappa shape index (κ1) is 13.6. The number of halogens is 1. The summed E-state index contributed by atoms with van der Waals surface area (Å²) in [6.45, 7) is 4.11. The smallest absolute Gasteiger partial charge is 0.221 e. The van der Waals surface area contributed by atoms with E-state index in [1.165, 1.54) is 25.7 Å². The van der Waals surface area contributed by atoms with Crippen LogP contribution in [0.5, 0.6) is 5.88 Å². The summed E-state index contributed by atoms with van der Waals surface area (Å²) in [6.07, 6.45) is 8.20. The zero-order chi connectivity index (χ0) is 13.0. The molecule has 2 rings (SSSR count). The fourth-order valence-corrected chi connectivity index (χ4v) is 2.79. The number of hydrogen-bond acceptors (Lipinski definition) is 3. The lowest BCUT2D eigenvalue weighted by atomic mass is 9.85. The van der Waals surface area contributed by atoms with E-state index >= 15 is 0 Å². The molecule has 0 radical (unpaired) electrons. The van der Waals surface area contributed by atoms with Crippen LogP contribution in [0, 0.1) is 12.8 Å². The van der Waals surface area contributed by atoms with Crippen LogP contribution in [0.15, 0.2) is 6.20 Å². The summed E-state index contributed by atoms with van der Waals surface area (Å²) in [5.74, 6) is 2.47. The molecule has 2 atom stereocenters. The van der Waals surface area contributed by atoms with Crippen LogP contribution in [0.25, 0.3) is 0 Å². The minimum absolute atomic E-state index is 0.292. The van der Waals surface area contributed by atoms with Gasteiger partial charge in [-0.15, -0.1) is 11.6 Å². The Hall–Kier alpha value is -0.830. The van der Waals surface area contributed by atoms with Crippen LogP contribution < -0.4 is 4.74 Å².